The van der Waals surface area contributed by atoms with Gasteiger partial charge in [0.1, 0.15) is 11.5 Å². The molecule has 0 aliphatic rings. The van der Waals surface area contributed by atoms with Crippen LogP contribution in [0, 0.1) is 0 Å². The molecule has 1 N–H and O–H groups in total. The zero-order chi connectivity index (χ0) is 16.4. The number of carbonyl (C=O) groups is 1. The molecular weight excluding hydrogens is 380 g/mol. The van der Waals surface area contributed by atoms with Crippen molar-refractivity contribution in [2.45, 2.75) is 0 Å². The number of anilines is 1. The van der Waals surface area contributed by atoms with Gasteiger partial charge in [0.05, 0.1) is 24.4 Å². The third-order valence-electron chi connectivity index (χ3n) is 3.20. The van der Waals surface area contributed by atoms with Gasteiger partial charge < -0.3 is 9.47 Å². The molecule has 0 spiro atoms. The fourth-order valence-corrected chi connectivity index (χ4v) is 3.55. The Morgan fingerprint density at radius 3 is 2.48 bits per heavy atom. The van der Waals surface area contributed by atoms with Crippen LogP contribution >= 0.6 is 27.3 Å². The highest BCUT2D eigenvalue weighted by molar-refractivity contribution is 9.10. The lowest BCUT2D eigenvalue weighted by molar-refractivity contribution is 0.102. The largest absolute Gasteiger partial charge is 0.497 e. The molecule has 5 nitrogen and oxygen atoms in total. The molecule has 0 atom stereocenters. The third-order valence-corrected chi connectivity index (χ3v) is 4.78. The van der Waals surface area contributed by atoms with E-state index < -0.39 is 0 Å². The van der Waals surface area contributed by atoms with Crippen LogP contribution in [0.25, 0.3) is 10.2 Å². The summed E-state index contributed by atoms with van der Waals surface area (Å²) in [5, 5.41) is 3.35. The van der Waals surface area contributed by atoms with Gasteiger partial charge in [-0.1, -0.05) is 17.4 Å². The minimum absolute atomic E-state index is 0.266. The van der Waals surface area contributed by atoms with Crippen LogP contribution in [0.2, 0.25) is 0 Å². The SMILES string of the molecule is COc1cc(OC)cc(C(=O)Nc2nc3c(Br)cccc3s2)c1. The first-order valence-corrected chi connectivity index (χ1v) is 8.31. The molecule has 0 fully saturated rings. The molecule has 0 aliphatic heterocycles. The molecule has 1 amide bonds. The Morgan fingerprint density at radius 2 is 1.87 bits per heavy atom. The maximum absolute atomic E-state index is 12.4. The standard InChI is InChI=1S/C16H13BrN2O3S/c1-21-10-6-9(7-11(8-10)22-2)15(20)19-16-18-14-12(17)4-3-5-13(14)23-16/h3-8H,1-2H3,(H,18,19,20). The average molecular weight is 393 g/mol. The molecule has 0 aliphatic carbocycles. The van der Waals surface area contributed by atoms with Gasteiger partial charge in [0.15, 0.2) is 5.13 Å². The molecule has 1 aromatic heterocycles. The number of methoxy groups -OCH3 is 2. The van der Waals surface area contributed by atoms with Crippen LogP contribution in [0.15, 0.2) is 40.9 Å². The second-order valence-electron chi connectivity index (χ2n) is 4.66. The Balaban J connectivity index is 1.89. The summed E-state index contributed by atoms with van der Waals surface area (Å²) in [6, 6.07) is 10.8. The monoisotopic (exact) mass is 392 g/mol. The number of aromatic nitrogens is 1. The van der Waals surface area contributed by atoms with Gasteiger partial charge in [-0.3, -0.25) is 10.1 Å². The zero-order valence-electron chi connectivity index (χ0n) is 12.4. The van der Waals surface area contributed by atoms with E-state index in [1.807, 2.05) is 18.2 Å². The molecule has 0 saturated heterocycles. The Bertz CT molecular complexity index is 857. The van der Waals surface area contributed by atoms with Gasteiger partial charge >= 0.3 is 0 Å². The topological polar surface area (TPSA) is 60.5 Å². The van der Waals surface area contributed by atoms with Crippen LogP contribution in [0.5, 0.6) is 11.5 Å². The highest BCUT2D eigenvalue weighted by atomic mass is 79.9. The molecule has 118 valence electrons. The second kappa shape index (κ2) is 6.55. The average Bonchev–Trinajstić information content (AvgIpc) is 2.98. The number of rotatable bonds is 4. The first kappa shape index (κ1) is 15.8. The van der Waals surface area contributed by atoms with Crippen LogP contribution in [0.3, 0.4) is 0 Å². The Kier molecular flexibility index (Phi) is 4.49. The van der Waals surface area contributed by atoms with E-state index >= 15 is 0 Å². The number of hydrogen-bond acceptors (Lipinski definition) is 5. The summed E-state index contributed by atoms with van der Waals surface area (Å²) in [6.07, 6.45) is 0. The smallest absolute Gasteiger partial charge is 0.257 e. The van der Waals surface area contributed by atoms with E-state index in [-0.39, 0.29) is 5.91 Å². The van der Waals surface area contributed by atoms with Crippen molar-refractivity contribution in [2.24, 2.45) is 0 Å². The summed E-state index contributed by atoms with van der Waals surface area (Å²) >= 11 is 4.88. The number of nitrogens with one attached hydrogen (secondary N) is 1. The minimum Gasteiger partial charge on any atom is -0.497 e. The van der Waals surface area contributed by atoms with Gasteiger partial charge in [0.25, 0.3) is 5.91 Å². The molecule has 2 aromatic carbocycles. The number of thiazole rings is 1. The molecule has 3 aromatic rings. The second-order valence-corrected chi connectivity index (χ2v) is 6.55. The van der Waals surface area contributed by atoms with Gasteiger partial charge in [-0.05, 0) is 40.2 Å². The summed E-state index contributed by atoms with van der Waals surface area (Å²) in [5.74, 6) is 0.848. The summed E-state index contributed by atoms with van der Waals surface area (Å²) < 4.78 is 12.3. The number of fused-ring (bicyclic) bond motifs is 1. The van der Waals surface area contributed by atoms with Gasteiger partial charge in [-0.15, -0.1) is 0 Å². The number of ether oxygens (including phenoxy) is 2. The summed E-state index contributed by atoms with van der Waals surface area (Å²) in [4.78, 5) is 16.9. The van der Waals surface area contributed by atoms with Gasteiger partial charge in [0, 0.05) is 16.1 Å². The summed E-state index contributed by atoms with van der Waals surface area (Å²) in [7, 11) is 3.09. The lowest BCUT2D eigenvalue weighted by Gasteiger charge is -2.07. The van der Waals surface area contributed by atoms with Crippen molar-refractivity contribution >= 4 is 48.5 Å². The van der Waals surface area contributed by atoms with Gasteiger partial charge in [-0.25, -0.2) is 4.98 Å². The highest BCUT2D eigenvalue weighted by Gasteiger charge is 2.13. The van der Waals surface area contributed by atoms with Crippen molar-refractivity contribution in [1.82, 2.24) is 4.98 Å². The van der Waals surface area contributed by atoms with Crippen molar-refractivity contribution in [1.29, 1.82) is 0 Å². The zero-order valence-corrected chi connectivity index (χ0v) is 14.8. The first-order valence-electron chi connectivity index (χ1n) is 6.70. The van der Waals surface area contributed by atoms with E-state index in [2.05, 4.69) is 26.2 Å². The predicted octanol–water partition coefficient (Wildman–Crippen LogP) is 4.33. The maximum Gasteiger partial charge on any atom is 0.257 e. The number of amides is 1. The maximum atomic E-state index is 12.4. The Labute approximate surface area is 145 Å². The van der Waals surface area contributed by atoms with Crippen LogP contribution in [0.1, 0.15) is 10.4 Å². The quantitative estimate of drug-likeness (QED) is 0.717. The molecule has 1 heterocycles. The van der Waals surface area contributed by atoms with Crippen LogP contribution < -0.4 is 14.8 Å². The van der Waals surface area contributed by atoms with Crippen molar-refractivity contribution in [3.63, 3.8) is 0 Å². The first-order chi connectivity index (χ1) is 11.1. The number of carbonyl (C=O) groups excluding carboxylic acids is 1. The number of para-hydroxylation sites is 1. The lowest BCUT2D eigenvalue weighted by atomic mass is 10.2. The van der Waals surface area contributed by atoms with E-state index in [1.54, 1.807) is 32.4 Å². The van der Waals surface area contributed by atoms with Crippen molar-refractivity contribution in [3.05, 3.63) is 46.4 Å². The fraction of sp³-hybridized carbons (Fsp3) is 0.125. The van der Waals surface area contributed by atoms with E-state index in [1.165, 1.54) is 11.3 Å². The lowest BCUT2D eigenvalue weighted by Crippen LogP contribution is -2.12. The molecule has 0 bridgehead atoms. The van der Waals surface area contributed by atoms with Crippen LogP contribution in [-0.2, 0) is 0 Å². The highest BCUT2D eigenvalue weighted by Crippen LogP contribution is 2.31. The fourth-order valence-electron chi connectivity index (χ4n) is 2.08. The minimum atomic E-state index is -0.266. The molecule has 7 heteroatoms. The van der Waals surface area contributed by atoms with E-state index in [4.69, 9.17) is 9.47 Å². The van der Waals surface area contributed by atoms with Gasteiger partial charge in [0.2, 0.25) is 0 Å². The van der Waals surface area contributed by atoms with Crippen LogP contribution in [-0.4, -0.2) is 25.1 Å². The summed E-state index contributed by atoms with van der Waals surface area (Å²) in [6.45, 7) is 0. The van der Waals surface area contributed by atoms with Crippen LogP contribution in [0.4, 0.5) is 5.13 Å². The number of nitrogens with zero attached hydrogens (tertiary/aromatic N) is 1. The molecule has 0 radical (unpaired) electrons. The number of halogens is 1. The van der Waals surface area contributed by atoms with E-state index in [0.29, 0.717) is 22.2 Å². The van der Waals surface area contributed by atoms with E-state index in [0.717, 1.165) is 14.7 Å². The normalized spacial score (nSPS) is 10.6. The number of hydrogen-bond donors (Lipinski definition) is 1. The molecule has 0 saturated carbocycles. The number of benzene rings is 2. The van der Waals surface area contributed by atoms with E-state index in [9.17, 15) is 4.79 Å². The Hall–Kier alpha value is -2.12. The molecule has 23 heavy (non-hydrogen) atoms. The Morgan fingerprint density at radius 1 is 1.17 bits per heavy atom. The summed E-state index contributed by atoms with van der Waals surface area (Å²) in [5.41, 5.74) is 1.27. The molecular formula is C16H13BrN2O3S. The molecule has 0 unspecified atom stereocenters. The van der Waals surface area contributed by atoms with Crippen molar-refractivity contribution < 1.29 is 14.3 Å². The molecule has 3 rings (SSSR count). The third kappa shape index (κ3) is 3.30. The van der Waals surface area contributed by atoms with Crippen molar-refractivity contribution in [3.8, 4) is 11.5 Å². The predicted molar refractivity (Wildman–Crippen MR) is 94.8 cm³/mol. The van der Waals surface area contributed by atoms with Crippen molar-refractivity contribution in [2.75, 3.05) is 19.5 Å². The van der Waals surface area contributed by atoms with Gasteiger partial charge in [-0.2, -0.15) is 0 Å².